The first-order chi connectivity index (χ1) is 8.75. The number of hydrogen-bond acceptors (Lipinski definition) is 3. The van der Waals surface area contributed by atoms with Crippen LogP contribution in [0.2, 0.25) is 0 Å². The predicted octanol–water partition coefficient (Wildman–Crippen LogP) is 2.58. The Kier molecular flexibility index (Phi) is 5.47. The van der Waals surface area contributed by atoms with Crippen molar-refractivity contribution in [2.45, 2.75) is 25.4 Å². The largest absolute Gasteiger partial charge is 0.492 e. The lowest BCUT2D eigenvalue weighted by molar-refractivity contribution is 0.131. The van der Waals surface area contributed by atoms with Crippen molar-refractivity contribution in [2.75, 3.05) is 19.7 Å². The molecule has 0 saturated heterocycles. The molecule has 2 rings (SSSR count). The van der Waals surface area contributed by atoms with Crippen molar-refractivity contribution in [1.29, 1.82) is 0 Å². The highest BCUT2D eigenvalue weighted by molar-refractivity contribution is 9.10. The second-order valence-electron chi connectivity index (χ2n) is 4.77. The van der Waals surface area contributed by atoms with Crippen LogP contribution < -0.4 is 10.1 Å². The zero-order valence-electron chi connectivity index (χ0n) is 10.4. The Morgan fingerprint density at radius 2 is 2.28 bits per heavy atom. The number of hydrogen-bond donors (Lipinski definition) is 2. The third kappa shape index (κ3) is 4.26. The molecule has 0 spiro atoms. The number of ether oxygens (including phenoxy) is 1. The van der Waals surface area contributed by atoms with Crippen molar-refractivity contribution in [2.24, 2.45) is 5.92 Å². The first-order valence-electron chi connectivity index (χ1n) is 6.53. The molecule has 0 aromatic heterocycles. The van der Waals surface area contributed by atoms with Crippen molar-refractivity contribution in [1.82, 2.24) is 5.32 Å². The zero-order chi connectivity index (χ0) is 12.8. The van der Waals surface area contributed by atoms with Gasteiger partial charge < -0.3 is 15.2 Å². The number of aliphatic hydroxyl groups excluding tert-OH is 1. The number of aliphatic hydroxyl groups is 1. The van der Waals surface area contributed by atoms with E-state index in [1.807, 2.05) is 24.3 Å². The average molecular weight is 314 g/mol. The van der Waals surface area contributed by atoms with Gasteiger partial charge in [-0.05, 0) is 37.0 Å². The molecular formula is C14H20BrNO2. The molecule has 100 valence electrons. The molecule has 1 aliphatic rings. The van der Waals surface area contributed by atoms with Gasteiger partial charge in [0, 0.05) is 17.6 Å². The minimum Gasteiger partial charge on any atom is -0.492 e. The second-order valence-corrected chi connectivity index (χ2v) is 5.68. The van der Waals surface area contributed by atoms with E-state index in [-0.39, 0.29) is 6.10 Å². The van der Waals surface area contributed by atoms with Crippen molar-refractivity contribution in [3.63, 3.8) is 0 Å². The van der Waals surface area contributed by atoms with Gasteiger partial charge in [-0.15, -0.1) is 0 Å². The molecule has 2 N–H and O–H groups in total. The van der Waals surface area contributed by atoms with Crippen molar-refractivity contribution in [3.05, 3.63) is 28.7 Å². The summed E-state index contributed by atoms with van der Waals surface area (Å²) in [7, 11) is 0. The van der Waals surface area contributed by atoms with Gasteiger partial charge in [0.1, 0.15) is 12.4 Å². The van der Waals surface area contributed by atoms with Gasteiger partial charge in [0.2, 0.25) is 0 Å². The van der Waals surface area contributed by atoms with E-state index in [9.17, 15) is 5.11 Å². The third-order valence-corrected chi connectivity index (χ3v) is 3.86. The topological polar surface area (TPSA) is 41.5 Å². The highest BCUT2D eigenvalue weighted by Crippen LogP contribution is 2.24. The number of halogens is 1. The minimum atomic E-state index is -0.108. The first-order valence-corrected chi connectivity index (χ1v) is 7.32. The molecule has 1 fully saturated rings. The van der Waals surface area contributed by atoms with Crippen LogP contribution in [0, 0.1) is 5.92 Å². The van der Waals surface area contributed by atoms with Gasteiger partial charge in [-0.25, -0.2) is 0 Å². The summed E-state index contributed by atoms with van der Waals surface area (Å²) in [6.45, 7) is 2.36. The van der Waals surface area contributed by atoms with E-state index >= 15 is 0 Å². The van der Waals surface area contributed by atoms with Crippen molar-refractivity contribution in [3.8, 4) is 5.75 Å². The van der Waals surface area contributed by atoms with Crippen LogP contribution in [-0.4, -0.2) is 30.9 Å². The Bertz CT molecular complexity index is 373. The quantitative estimate of drug-likeness (QED) is 0.793. The third-order valence-electron chi connectivity index (χ3n) is 3.37. The Hall–Kier alpha value is -0.580. The van der Waals surface area contributed by atoms with Crippen LogP contribution in [0.4, 0.5) is 0 Å². The smallest absolute Gasteiger partial charge is 0.120 e. The Morgan fingerprint density at radius 3 is 3.00 bits per heavy atom. The second kappa shape index (κ2) is 7.12. The number of benzene rings is 1. The Labute approximate surface area is 117 Å². The van der Waals surface area contributed by atoms with Gasteiger partial charge in [0.15, 0.2) is 0 Å². The molecule has 1 aliphatic carbocycles. The van der Waals surface area contributed by atoms with Gasteiger partial charge in [0.05, 0.1) is 6.10 Å². The van der Waals surface area contributed by atoms with Gasteiger partial charge in [-0.3, -0.25) is 0 Å². The summed E-state index contributed by atoms with van der Waals surface area (Å²) in [6.07, 6.45) is 3.15. The van der Waals surface area contributed by atoms with Crippen LogP contribution in [0.25, 0.3) is 0 Å². The molecule has 1 saturated carbocycles. The lowest BCUT2D eigenvalue weighted by Gasteiger charge is -2.15. The van der Waals surface area contributed by atoms with Crippen LogP contribution in [0.15, 0.2) is 28.7 Å². The predicted molar refractivity (Wildman–Crippen MR) is 75.9 cm³/mol. The van der Waals surface area contributed by atoms with Gasteiger partial charge in [-0.2, -0.15) is 0 Å². The number of rotatable bonds is 6. The summed E-state index contributed by atoms with van der Waals surface area (Å²) in [5.74, 6) is 1.31. The molecule has 4 heteroatoms. The molecule has 0 radical (unpaired) electrons. The summed E-state index contributed by atoms with van der Waals surface area (Å²) in [4.78, 5) is 0. The monoisotopic (exact) mass is 313 g/mol. The fourth-order valence-corrected chi connectivity index (χ4v) is 2.72. The van der Waals surface area contributed by atoms with E-state index in [1.165, 1.54) is 0 Å². The zero-order valence-corrected chi connectivity index (χ0v) is 12.0. The normalized spacial score (nSPS) is 23.2. The molecule has 1 aromatic carbocycles. The summed E-state index contributed by atoms with van der Waals surface area (Å²) >= 11 is 3.41. The highest BCUT2D eigenvalue weighted by atomic mass is 79.9. The van der Waals surface area contributed by atoms with Crippen LogP contribution in [0.3, 0.4) is 0 Å². The Balaban J connectivity index is 1.59. The molecule has 18 heavy (non-hydrogen) atoms. The fraction of sp³-hybridized carbons (Fsp3) is 0.571. The minimum absolute atomic E-state index is 0.108. The average Bonchev–Trinajstić information content (AvgIpc) is 2.75. The fourth-order valence-electron chi connectivity index (χ4n) is 2.34. The molecule has 3 nitrogen and oxygen atoms in total. The van der Waals surface area contributed by atoms with Crippen LogP contribution in [0.5, 0.6) is 5.75 Å². The van der Waals surface area contributed by atoms with E-state index in [4.69, 9.17) is 4.74 Å². The highest BCUT2D eigenvalue weighted by Gasteiger charge is 2.24. The molecule has 0 aliphatic heterocycles. The van der Waals surface area contributed by atoms with Crippen LogP contribution >= 0.6 is 15.9 Å². The van der Waals surface area contributed by atoms with E-state index < -0.39 is 0 Å². The van der Waals surface area contributed by atoms with Gasteiger partial charge in [-0.1, -0.05) is 28.4 Å². The summed E-state index contributed by atoms with van der Waals surface area (Å²) in [5, 5.41) is 13.0. The Morgan fingerprint density at radius 1 is 1.39 bits per heavy atom. The molecule has 0 bridgehead atoms. The van der Waals surface area contributed by atoms with E-state index in [2.05, 4.69) is 21.2 Å². The summed E-state index contributed by atoms with van der Waals surface area (Å²) in [5.41, 5.74) is 0. The maximum absolute atomic E-state index is 9.68. The van der Waals surface area contributed by atoms with Crippen molar-refractivity contribution < 1.29 is 9.84 Å². The van der Waals surface area contributed by atoms with E-state index in [0.717, 1.165) is 42.6 Å². The number of nitrogens with one attached hydrogen (secondary N) is 1. The maximum atomic E-state index is 9.68. The molecule has 2 atom stereocenters. The molecule has 2 unspecified atom stereocenters. The lowest BCUT2D eigenvalue weighted by Crippen LogP contribution is -2.30. The van der Waals surface area contributed by atoms with Gasteiger partial charge >= 0.3 is 0 Å². The maximum Gasteiger partial charge on any atom is 0.120 e. The van der Waals surface area contributed by atoms with E-state index in [0.29, 0.717) is 12.5 Å². The van der Waals surface area contributed by atoms with Gasteiger partial charge in [0.25, 0.3) is 0 Å². The van der Waals surface area contributed by atoms with E-state index in [1.54, 1.807) is 0 Å². The summed E-state index contributed by atoms with van der Waals surface area (Å²) in [6, 6.07) is 7.85. The lowest BCUT2D eigenvalue weighted by atomic mass is 10.1. The molecule has 0 heterocycles. The standard InChI is InChI=1S/C14H20BrNO2/c15-12-4-2-5-13(9-12)18-8-7-16-10-11-3-1-6-14(11)17/h2,4-5,9,11,14,16-17H,1,3,6-8,10H2. The molecular weight excluding hydrogens is 294 g/mol. The SMILES string of the molecule is OC1CCCC1CNCCOc1cccc(Br)c1. The molecule has 0 amide bonds. The van der Waals surface area contributed by atoms with Crippen molar-refractivity contribution >= 4 is 15.9 Å². The van der Waals surface area contributed by atoms with Crippen LogP contribution in [0.1, 0.15) is 19.3 Å². The molecule has 1 aromatic rings. The summed E-state index contributed by atoms with van der Waals surface area (Å²) < 4.78 is 6.65. The van der Waals surface area contributed by atoms with Crippen LogP contribution in [-0.2, 0) is 0 Å². The first kappa shape index (κ1) is 13.8.